The zero-order chi connectivity index (χ0) is 35.9. The molecule has 0 bridgehead atoms. The van der Waals surface area contributed by atoms with E-state index in [1.165, 1.54) is 15.9 Å². The van der Waals surface area contributed by atoms with Gasteiger partial charge in [-0.3, -0.25) is 14.5 Å². The van der Waals surface area contributed by atoms with E-state index in [0.717, 1.165) is 19.3 Å². The lowest BCUT2D eigenvalue weighted by atomic mass is 10.0. The number of nitrogens with zero attached hydrogens (tertiary/aromatic N) is 2. The lowest BCUT2D eigenvalue weighted by Crippen LogP contribution is -2.56. The summed E-state index contributed by atoms with van der Waals surface area (Å²) in [5, 5.41) is 5.50. The summed E-state index contributed by atoms with van der Waals surface area (Å²) in [4.78, 5) is 69.9. The van der Waals surface area contributed by atoms with Gasteiger partial charge in [-0.2, -0.15) is 0 Å². The smallest absolute Gasteiger partial charge is 0.410 e. The number of hydrogen-bond acceptors (Lipinski definition) is 8. The number of allylic oxidation sites excluding steroid dienone is 1. The molecule has 12 nitrogen and oxygen atoms in total. The number of likely N-dealkylation sites (tertiary alicyclic amines) is 1. The monoisotopic (exact) mass is 684 g/mol. The molecule has 4 amide bonds. The van der Waals surface area contributed by atoms with E-state index in [2.05, 4.69) is 23.8 Å². The third-order valence-electron chi connectivity index (χ3n) is 8.98. The number of alkyl carbamates (subject to hydrolysis) is 1. The Morgan fingerprint density at radius 2 is 1.88 bits per heavy atom. The molecule has 0 unspecified atom stereocenters. The van der Waals surface area contributed by atoms with E-state index in [0.29, 0.717) is 24.0 Å². The molecule has 4 rings (SSSR count). The van der Waals surface area contributed by atoms with Gasteiger partial charge in [0.1, 0.15) is 35.1 Å². The zero-order valence-electron chi connectivity index (χ0n) is 28.9. The Hall–Kier alpha value is -4.42. The number of nitrogens with one attached hydrogen (secondary N) is 2. The number of amides is 4. The Morgan fingerprint density at radius 3 is 2.51 bits per heavy atom. The highest BCUT2D eigenvalue weighted by atomic mass is 19.1. The van der Waals surface area contributed by atoms with Crippen LogP contribution in [0.2, 0.25) is 0 Å². The molecule has 2 aliphatic heterocycles. The molecule has 0 aromatic heterocycles. The summed E-state index contributed by atoms with van der Waals surface area (Å²) in [5.74, 6) is -2.54. The fraction of sp³-hybridized carbons (Fsp3) is 0.583. The predicted molar refractivity (Wildman–Crippen MR) is 178 cm³/mol. The van der Waals surface area contributed by atoms with Gasteiger partial charge in [-0.05, 0) is 65.0 Å². The molecule has 1 saturated heterocycles. The van der Waals surface area contributed by atoms with E-state index in [-0.39, 0.29) is 45.0 Å². The van der Waals surface area contributed by atoms with Crippen molar-refractivity contribution >= 4 is 30.0 Å². The van der Waals surface area contributed by atoms with Crippen molar-refractivity contribution in [3.8, 4) is 0 Å². The van der Waals surface area contributed by atoms with Crippen LogP contribution in [0.4, 0.5) is 14.0 Å². The molecule has 2 N–H and O–H groups in total. The van der Waals surface area contributed by atoms with Crippen LogP contribution in [0.25, 0.3) is 0 Å². The summed E-state index contributed by atoms with van der Waals surface area (Å²) < 4.78 is 30.9. The molecular formula is C36H49FN4O8. The van der Waals surface area contributed by atoms with Crippen LogP contribution < -0.4 is 10.6 Å². The van der Waals surface area contributed by atoms with Crippen molar-refractivity contribution in [1.29, 1.82) is 0 Å². The molecule has 1 saturated carbocycles. The van der Waals surface area contributed by atoms with Gasteiger partial charge in [0.2, 0.25) is 11.8 Å². The average molecular weight is 685 g/mol. The van der Waals surface area contributed by atoms with Gasteiger partial charge >= 0.3 is 18.2 Å². The summed E-state index contributed by atoms with van der Waals surface area (Å²) in [5.41, 5.74) is -1.05. The number of hydrogen-bond donors (Lipinski definition) is 2. The maximum absolute atomic E-state index is 14.4. The summed E-state index contributed by atoms with van der Waals surface area (Å²) in [6.45, 7) is 14.4. The minimum atomic E-state index is -1.32. The molecular weight excluding hydrogens is 635 g/mol. The van der Waals surface area contributed by atoms with E-state index >= 15 is 0 Å². The number of carbonyl (C=O) groups is 5. The van der Waals surface area contributed by atoms with Crippen molar-refractivity contribution in [2.24, 2.45) is 5.92 Å². The number of ether oxygens (including phenoxy) is 3. The molecule has 268 valence electrons. The van der Waals surface area contributed by atoms with Gasteiger partial charge in [0, 0.05) is 24.4 Å². The first-order valence-corrected chi connectivity index (χ1v) is 17.0. The van der Waals surface area contributed by atoms with Crippen LogP contribution in [0.5, 0.6) is 0 Å². The fourth-order valence-corrected chi connectivity index (χ4v) is 6.39. The second-order valence-corrected chi connectivity index (χ2v) is 13.8. The Balaban J connectivity index is 1.55. The van der Waals surface area contributed by atoms with Gasteiger partial charge in [0.05, 0.1) is 19.7 Å². The Labute approximate surface area is 287 Å². The number of unbranched alkanes of at least 4 members (excludes halogenated alkanes) is 3. The van der Waals surface area contributed by atoms with Crippen molar-refractivity contribution < 1.29 is 42.6 Å². The van der Waals surface area contributed by atoms with Crippen LogP contribution in [0.15, 0.2) is 43.5 Å². The van der Waals surface area contributed by atoms with Gasteiger partial charge in [0.15, 0.2) is 0 Å². The predicted octanol–water partition coefficient (Wildman–Crippen LogP) is 4.90. The Bertz CT molecular complexity index is 1440. The normalized spacial score (nSPS) is 23.2. The number of esters is 1. The second-order valence-electron chi connectivity index (χ2n) is 13.8. The minimum Gasteiger partial charge on any atom is -0.464 e. The molecule has 3 aliphatic rings. The highest BCUT2D eigenvalue weighted by Crippen LogP contribution is 2.45. The summed E-state index contributed by atoms with van der Waals surface area (Å²) in [6, 6.07) is 2.47. The van der Waals surface area contributed by atoms with Gasteiger partial charge in [-0.1, -0.05) is 37.1 Å². The van der Waals surface area contributed by atoms with Crippen molar-refractivity contribution in [1.82, 2.24) is 20.4 Å². The standard InChI is InChI=1S/C36H49FN4O8/c1-7-10-11-12-13-17-28(38-33(45)49-35(4,5)6)31(43)41-21-25(48-34(46)40-20-23-15-14-16-27(37)26(23)22-40)18-29(41)30(42)39-36(19-24(36)8-2)32(44)47-9-3/h7-8,14-16,24-25,28-29H,1-2,9-13,17-22H2,3-6H3,(H,38,45)(H,39,42)/t24-,25-,28+,29+,36+/m1/s1. The zero-order valence-corrected chi connectivity index (χ0v) is 28.9. The number of benzene rings is 1. The van der Waals surface area contributed by atoms with Crippen LogP contribution in [0.3, 0.4) is 0 Å². The highest BCUT2D eigenvalue weighted by molar-refractivity contribution is 5.96. The minimum absolute atomic E-state index is 0.0266. The maximum atomic E-state index is 14.4. The molecule has 1 aliphatic carbocycles. The summed E-state index contributed by atoms with van der Waals surface area (Å²) in [6.07, 6.45) is 4.53. The summed E-state index contributed by atoms with van der Waals surface area (Å²) in [7, 11) is 0. The largest absolute Gasteiger partial charge is 0.464 e. The van der Waals surface area contributed by atoms with Crippen LogP contribution in [-0.4, -0.2) is 82.2 Å². The number of rotatable bonds is 14. The van der Waals surface area contributed by atoms with Crippen LogP contribution in [0, 0.1) is 11.7 Å². The van der Waals surface area contributed by atoms with E-state index in [4.69, 9.17) is 14.2 Å². The number of fused-ring (bicyclic) bond motifs is 1. The number of carbonyl (C=O) groups excluding carboxylic acids is 5. The second kappa shape index (κ2) is 15.9. The van der Waals surface area contributed by atoms with E-state index < -0.39 is 65.1 Å². The fourth-order valence-electron chi connectivity index (χ4n) is 6.39. The molecule has 1 aromatic rings. The van der Waals surface area contributed by atoms with Gasteiger partial charge in [-0.15, -0.1) is 13.2 Å². The van der Waals surface area contributed by atoms with E-state index in [9.17, 15) is 28.4 Å². The third-order valence-corrected chi connectivity index (χ3v) is 8.98. The molecule has 49 heavy (non-hydrogen) atoms. The van der Waals surface area contributed by atoms with Crippen molar-refractivity contribution in [2.45, 2.75) is 115 Å². The van der Waals surface area contributed by atoms with Crippen LogP contribution in [0.1, 0.15) is 83.8 Å². The lowest BCUT2D eigenvalue weighted by Gasteiger charge is -2.30. The first-order valence-electron chi connectivity index (χ1n) is 17.0. The molecule has 0 spiro atoms. The quantitative estimate of drug-likeness (QED) is 0.122. The van der Waals surface area contributed by atoms with Gasteiger partial charge < -0.3 is 29.7 Å². The Morgan fingerprint density at radius 1 is 1.12 bits per heavy atom. The van der Waals surface area contributed by atoms with Crippen LogP contribution in [-0.2, 0) is 41.7 Å². The first kappa shape index (κ1) is 37.4. The molecule has 5 atom stereocenters. The molecule has 1 aromatic carbocycles. The first-order chi connectivity index (χ1) is 23.2. The van der Waals surface area contributed by atoms with E-state index in [1.54, 1.807) is 45.9 Å². The van der Waals surface area contributed by atoms with Gasteiger partial charge in [0.25, 0.3) is 0 Å². The van der Waals surface area contributed by atoms with Gasteiger partial charge in [-0.25, -0.2) is 18.8 Å². The van der Waals surface area contributed by atoms with Crippen LogP contribution >= 0.6 is 0 Å². The van der Waals surface area contributed by atoms with Crippen molar-refractivity contribution in [2.75, 3.05) is 13.2 Å². The maximum Gasteiger partial charge on any atom is 0.410 e. The molecule has 0 radical (unpaired) electrons. The molecule has 2 heterocycles. The van der Waals surface area contributed by atoms with Crippen molar-refractivity contribution in [3.05, 3.63) is 60.5 Å². The average Bonchev–Trinajstić information content (AvgIpc) is 3.34. The summed E-state index contributed by atoms with van der Waals surface area (Å²) >= 11 is 0. The topological polar surface area (TPSA) is 144 Å². The number of halogens is 1. The van der Waals surface area contributed by atoms with Crippen molar-refractivity contribution in [3.63, 3.8) is 0 Å². The van der Waals surface area contributed by atoms with E-state index in [1.807, 2.05) is 6.08 Å². The lowest BCUT2D eigenvalue weighted by molar-refractivity contribution is -0.150. The SMILES string of the molecule is C=CCCCCC[C@H](NC(=O)OC(C)(C)C)C(=O)N1C[C@H](OC(=O)N2Cc3cccc(F)c3C2)C[C@H]1C(=O)N[C@@]1(C(=O)OCC)C[C@H]1C=C. The Kier molecular flexibility index (Phi) is 12.1. The third kappa shape index (κ3) is 9.18. The molecule has 2 fully saturated rings. The highest BCUT2D eigenvalue weighted by Gasteiger charge is 2.62. The molecule has 13 heteroatoms.